The van der Waals surface area contributed by atoms with Crippen molar-refractivity contribution in [2.45, 2.75) is 51.5 Å². The molecular weight excluding hydrogens is 218 g/mol. The summed E-state index contributed by atoms with van der Waals surface area (Å²) in [6.45, 7) is 3.58. The van der Waals surface area contributed by atoms with E-state index in [1.807, 2.05) is 0 Å². The smallest absolute Gasteiger partial charge is 0.0446 e. The van der Waals surface area contributed by atoms with Crippen molar-refractivity contribution >= 4 is 11.8 Å². The van der Waals surface area contributed by atoms with Gasteiger partial charge in [0.1, 0.15) is 0 Å². The normalized spacial score (nSPS) is 19.1. The highest BCUT2D eigenvalue weighted by Crippen LogP contribution is 2.28. The fourth-order valence-electron chi connectivity index (χ4n) is 2.30. The molecule has 1 fully saturated rings. The van der Waals surface area contributed by atoms with E-state index in [9.17, 15) is 0 Å². The second-order valence-electron chi connectivity index (χ2n) is 4.85. The van der Waals surface area contributed by atoms with Crippen LogP contribution in [0.2, 0.25) is 0 Å². The molecule has 1 rings (SSSR count). The maximum absolute atomic E-state index is 9.00. The Kier molecular flexibility index (Phi) is 8.34. The summed E-state index contributed by atoms with van der Waals surface area (Å²) in [5.41, 5.74) is 0. The van der Waals surface area contributed by atoms with Crippen LogP contribution in [0.25, 0.3) is 0 Å². The summed E-state index contributed by atoms with van der Waals surface area (Å²) in [5.74, 6) is 3.47. The van der Waals surface area contributed by atoms with Crippen molar-refractivity contribution in [3.05, 3.63) is 0 Å². The van der Waals surface area contributed by atoms with Gasteiger partial charge in [0.2, 0.25) is 0 Å². The van der Waals surface area contributed by atoms with Crippen LogP contribution in [0.3, 0.4) is 0 Å². The summed E-state index contributed by atoms with van der Waals surface area (Å²) < 4.78 is 0. The molecule has 96 valence electrons. The zero-order valence-corrected chi connectivity index (χ0v) is 11.4. The van der Waals surface area contributed by atoms with Crippen molar-refractivity contribution in [3.8, 4) is 0 Å². The van der Waals surface area contributed by atoms with Gasteiger partial charge in [-0.2, -0.15) is 11.8 Å². The van der Waals surface area contributed by atoms with Gasteiger partial charge < -0.3 is 10.4 Å². The molecule has 0 saturated heterocycles. The monoisotopic (exact) mass is 245 g/mol. The van der Waals surface area contributed by atoms with Gasteiger partial charge in [0, 0.05) is 18.4 Å². The largest absolute Gasteiger partial charge is 0.396 e. The molecule has 1 saturated carbocycles. The highest BCUT2D eigenvalue weighted by molar-refractivity contribution is 7.99. The van der Waals surface area contributed by atoms with Crippen molar-refractivity contribution < 1.29 is 5.11 Å². The minimum Gasteiger partial charge on any atom is -0.396 e. The molecular formula is C13H27NOS. The number of aliphatic hydroxyl groups is 1. The predicted octanol–water partition coefficient (Wildman–Crippen LogP) is 2.66. The molecule has 0 heterocycles. The van der Waals surface area contributed by atoms with Crippen LogP contribution < -0.4 is 5.32 Å². The number of nitrogens with one attached hydrogen (secondary N) is 1. The quantitative estimate of drug-likeness (QED) is 0.655. The molecule has 0 spiro atoms. The lowest BCUT2D eigenvalue weighted by atomic mass is 10.1. The van der Waals surface area contributed by atoms with Crippen molar-refractivity contribution in [3.63, 3.8) is 0 Å². The summed E-state index contributed by atoms with van der Waals surface area (Å²) in [4.78, 5) is 0. The first-order valence-corrected chi connectivity index (χ1v) is 7.94. The van der Waals surface area contributed by atoms with Crippen LogP contribution in [-0.2, 0) is 0 Å². The summed E-state index contributed by atoms with van der Waals surface area (Å²) >= 11 is 2.08. The van der Waals surface area contributed by atoms with Crippen molar-refractivity contribution in [1.82, 2.24) is 5.32 Å². The number of thioether (sulfide) groups is 1. The topological polar surface area (TPSA) is 32.3 Å². The molecule has 0 aliphatic heterocycles. The van der Waals surface area contributed by atoms with Gasteiger partial charge >= 0.3 is 0 Å². The first-order valence-electron chi connectivity index (χ1n) is 6.78. The number of hydrogen-bond acceptors (Lipinski definition) is 3. The van der Waals surface area contributed by atoms with E-state index in [0.717, 1.165) is 24.6 Å². The highest BCUT2D eigenvalue weighted by Gasteiger charge is 2.15. The molecule has 0 amide bonds. The molecule has 1 atom stereocenters. The second-order valence-corrected chi connectivity index (χ2v) is 5.93. The van der Waals surface area contributed by atoms with Crippen LogP contribution >= 0.6 is 11.8 Å². The van der Waals surface area contributed by atoms with Gasteiger partial charge in [0.25, 0.3) is 0 Å². The molecule has 0 aromatic carbocycles. The maximum atomic E-state index is 9.00. The van der Waals surface area contributed by atoms with Gasteiger partial charge in [-0.15, -0.1) is 0 Å². The first kappa shape index (κ1) is 14.3. The minimum atomic E-state index is 0.311. The van der Waals surface area contributed by atoms with E-state index in [-0.39, 0.29) is 0 Å². The summed E-state index contributed by atoms with van der Waals surface area (Å²) in [6.07, 6.45) is 7.85. The molecule has 2 N–H and O–H groups in total. The standard InChI is InChI=1S/C13H27NOS/c1-2-8-14-13(7-9-15)11-16-10-12-5-3-4-6-12/h12-15H,2-11H2,1H3. The number of hydrogen-bond donors (Lipinski definition) is 2. The number of rotatable bonds is 9. The average molecular weight is 245 g/mol. The SMILES string of the molecule is CCCNC(CCO)CSCC1CCCC1. The van der Waals surface area contributed by atoms with E-state index in [4.69, 9.17) is 5.11 Å². The molecule has 0 radical (unpaired) electrons. The van der Waals surface area contributed by atoms with Crippen LogP contribution in [0.5, 0.6) is 0 Å². The fraction of sp³-hybridized carbons (Fsp3) is 1.00. The lowest BCUT2D eigenvalue weighted by Crippen LogP contribution is -2.33. The Bertz CT molecular complexity index is 160. The Morgan fingerprint density at radius 3 is 2.75 bits per heavy atom. The third kappa shape index (κ3) is 6.12. The molecule has 16 heavy (non-hydrogen) atoms. The Hall–Kier alpha value is 0.270. The van der Waals surface area contributed by atoms with Gasteiger partial charge in [-0.25, -0.2) is 0 Å². The second kappa shape index (κ2) is 9.32. The van der Waals surface area contributed by atoms with Gasteiger partial charge in [-0.1, -0.05) is 19.8 Å². The third-order valence-corrected chi connectivity index (χ3v) is 4.65. The molecule has 0 aromatic heterocycles. The molecule has 3 heteroatoms. The summed E-state index contributed by atoms with van der Waals surface area (Å²) in [6, 6.07) is 0.511. The Morgan fingerprint density at radius 2 is 2.12 bits per heavy atom. The number of aliphatic hydroxyl groups excluding tert-OH is 1. The van der Waals surface area contributed by atoms with Crippen LogP contribution in [0.4, 0.5) is 0 Å². The zero-order valence-electron chi connectivity index (χ0n) is 10.6. The van der Waals surface area contributed by atoms with E-state index in [2.05, 4.69) is 24.0 Å². The summed E-state index contributed by atoms with van der Waals surface area (Å²) in [7, 11) is 0. The molecule has 0 bridgehead atoms. The van der Waals surface area contributed by atoms with E-state index < -0.39 is 0 Å². The molecule has 1 aliphatic rings. The third-order valence-electron chi connectivity index (χ3n) is 3.31. The van der Waals surface area contributed by atoms with Gasteiger partial charge in [-0.3, -0.25) is 0 Å². The van der Waals surface area contributed by atoms with Crippen LogP contribution in [-0.4, -0.2) is 35.8 Å². The van der Waals surface area contributed by atoms with Crippen LogP contribution in [0, 0.1) is 5.92 Å². The predicted molar refractivity (Wildman–Crippen MR) is 73.1 cm³/mol. The van der Waals surface area contributed by atoms with Crippen molar-refractivity contribution in [1.29, 1.82) is 0 Å². The Morgan fingerprint density at radius 1 is 1.38 bits per heavy atom. The maximum Gasteiger partial charge on any atom is 0.0446 e. The van der Waals surface area contributed by atoms with Gasteiger partial charge in [0.15, 0.2) is 0 Å². The van der Waals surface area contributed by atoms with Crippen molar-refractivity contribution in [2.75, 3.05) is 24.7 Å². The van der Waals surface area contributed by atoms with E-state index in [0.29, 0.717) is 12.6 Å². The van der Waals surface area contributed by atoms with Crippen LogP contribution in [0.15, 0.2) is 0 Å². The zero-order chi connectivity index (χ0) is 11.6. The minimum absolute atomic E-state index is 0.311. The van der Waals surface area contributed by atoms with Gasteiger partial charge in [0.05, 0.1) is 0 Å². The summed E-state index contributed by atoms with van der Waals surface area (Å²) in [5, 5.41) is 12.5. The van der Waals surface area contributed by atoms with E-state index >= 15 is 0 Å². The highest BCUT2D eigenvalue weighted by atomic mass is 32.2. The molecule has 2 nitrogen and oxygen atoms in total. The van der Waals surface area contributed by atoms with Gasteiger partial charge in [-0.05, 0) is 43.9 Å². The van der Waals surface area contributed by atoms with Crippen molar-refractivity contribution in [2.24, 2.45) is 5.92 Å². The molecule has 1 unspecified atom stereocenters. The lowest BCUT2D eigenvalue weighted by molar-refractivity contribution is 0.270. The fourth-order valence-corrected chi connectivity index (χ4v) is 3.67. The Labute approximate surface area is 105 Å². The molecule has 1 aliphatic carbocycles. The van der Waals surface area contributed by atoms with E-state index in [1.165, 1.54) is 37.9 Å². The Balaban J connectivity index is 2.05. The lowest BCUT2D eigenvalue weighted by Gasteiger charge is -2.18. The average Bonchev–Trinajstić information content (AvgIpc) is 2.79. The first-order chi connectivity index (χ1) is 7.86. The van der Waals surface area contributed by atoms with E-state index in [1.54, 1.807) is 0 Å². The van der Waals surface area contributed by atoms with Crippen LogP contribution in [0.1, 0.15) is 45.4 Å². The molecule has 0 aromatic rings.